The van der Waals surface area contributed by atoms with Crippen LogP contribution in [-0.2, 0) is 0 Å². The smallest absolute Gasteiger partial charge is 0.0267 e. The third-order valence-electron chi connectivity index (χ3n) is 2.32. The van der Waals surface area contributed by atoms with E-state index in [2.05, 4.69) is 72.4 Å². The Hall–Kier alpha value is -0.780. The highest BCUT2D eigenvalue weighted by atomic mass is 13.9. The van der Waals surface area contributed by atoms with Gasteiger partial charge in [0.25, 0.3) is 0 Å². The van der Waals surface area contributed by atoms with Crippen molar-refractivity contribution >= 4 is 0 Å². The molecule has 0 N–H and O–H groups in total. The molecule has 0 aromatic heterocycles. The molecule has 18 heavy (non-hydrogen) atoms. The van der Waals surface area contributed by atoms with Crippen LogP contribution in [0.25, 0.3) is 0 Å². The second kappa shape index (κ2) is 25.2. The number of hydrogen-bond donors (Lipinski definition) is 0. The second-order valence-corrected chi connectivity index (χ2v) is 4.20. The van der Waals surface area contributed by atoms with Crippen LogP contribution in [0.3, 0.4) is 0 Å². The van der Waals surface area contributed by atoms with Crippen molar-refractivity contribution in [1.29, 1.82) is 0 Å². The van der Waals surface area contributed by atoms with Crippen LogP contribution in [0.15, 0.2) is 37.0 Å². The first-order valence-corrected chi connectivity index (χ1v) is 7.56. The van der Waals surface area contributed by atoms with Gasteiger partial charge in [0.15, 0.2) is 0 Å². The Bertz CT molecular complexity index is 148. The van der Waals surface area contributed by atoms with Gasteiger partial charge in [-0.3, -0.25) is 0 Å². The zero-order valence-corrected chi connectivity index (χ0v) is 13.7. The Kier molecular flexibility index (Phi) is 31.3. The van der Waals surface area contributed by atoms with Crippen molar-refractivity contribution < 1.29 is 0 Å². The van der Waals surface area contributed by atoms with Gasteiger partial charge in [-0.25, -0.2) is 0 Å². The van der Waals surface area contributed by atoms with Crippen molar-refractivity contribution in [3.63, 3.8) is 0 Å². The summed E-state index contributed by atoms with van der Waals surface area (Å²) in [5.41, 5.74) is 0. The summed E-state index contributed by atoms with van der Waals surface area (Å²) in [4.78, 5) is 0. The summed E-state index contributed by atoms with van der Waals surface area (Å²) in [6, 6.07) is 0. The second-order valence-electron chi connectivity index (χ2n) is 4.20. The Labute approximate surface area is 117 Å². The molecule has 0 spiro atoms. The predicted octanol–water partition coefficient (Wildman–Crippen LogP) is 6.94. The minimum atomic E-state index is 0.699. The lowest BCUT2D eigenvalue weighted by Crippen LogP contribution is -1.80. The number of hydrogen-bond acceptors (Lipinski definition) is 0. The van der Waals surface area contributed by atoms with Gasteiger partial charge in [0.1, 0.15) is 0 Å². The van der Waals surface area contributed by atoms with E-state index in [1.807, 2.05) is 6.08 Å². The Balaban J connectivity index is -0.000000187. The maximum absolute atomic E-state index is 3.63. The first-order valence-electron chi connectivity index (χ1n) is 7.56. The molecule has 0 radical (unpaired) electrons. The standard InChI is InChI=1S/3C6H12/c1-4-6(3)5-2;2*1-3-5-6-4-2/h4,6H,1,5H2,2-3H3;2*5-6H,3-4H2,1-2H3/b;6-5+;6-5-/t6-;;/m1../s1. The molecule has 108 valence electrons. The Morgan fingerprint density at radius 1 is 0.722 bits per heavy atom. The minimum Gasteiger partial charge on any atom is -0.103 e. The first kappa shape index (κ1) is 22.4. The molecule has 0 saturated carbocycles. The highest BCUT2D eigenvalue weighted by Crippen LogP contribution is 1.98. The van der Waals surface area contributed by atoms with E-state index < -0.39 is 0 Å². The number of rotatable bonds is 6. The van der Waals surface area contributed by atoms with E-state index in [-0.39, 0.29) is 0 Å². The van der Waals surface area contributed by atoms with Crippen molar-refractivity contribution in [1.82, 2.24) is 0 Å². The molecule has 0 aliphatic rings. The quantitative estimate of drug-likeness (QED) is 0.449. The molecule has 0 amide bonds. The van der Waals surface area contributed by atoms with Crippen LogP contribution < -0.4 is 0 Å². The summed E-state index contributed by atoms with van der Waals surface area (Å²) in [5, 5.41) is 0. The average Bonchev–Trinajstić information content (AvgIpc) is 2.43. The van der Waals surface area contributed by atoms with Crippen molar-refractivity contribution in [3.8, 4) is 0 Å². The van der Waals surface area contributed by atoms with Crippen molar-refractivity contribution in [2.24, 2.45) is 5.92 Å². The predicted molar refractivity (Wildman–Crippen MR) is 89.1 cm³/mol. The van der Waals surface area contributed by atoms with Gasteiger partial charge in [-0.2, -0.15) is 0 Å². The van der Waals surface area contributed by atoms with E-state index in [1.165, 1.54) is 32.1 Å². The molecule has 0 heterocycles. The minimum absolute atomic E-state index is 0.699. The van der Waals surface area contributed by atoms with Gasteiger partial charge in [-0.05, 0) is 31.6 Å². The molecule has 0 aromatic carbocycles. The first-order chi connectivity index (χ1) is 8.64. The Morgan fingerprint density at radius 3 is 1.06 bits per heavy atom. The molecule has 0 heteroatoms. The van der Waals surface area contributed by atoms with Crippen LogP contribution >= 0.6 is 0 Å². The van der Waals surface area contributed by atoms with Crippen LogP contribution in [0.5, 0.6) is 0 Å². The molecule has 0 saturated heterocycles. The molecule has 0 aliphatic heterocycles. The van der Waals surface area contributed by atoms with E-state index in [0.717, 1.165) is 0 Å². The summed E-state index contributed by atoms with van der Waals surface area (Å²) in [6.07, 6.45) is 16.6. The van der Waals surface area contributed by atoms with E-state index in [9.17, 15) is 0 Å². The summed E-state index contributed by atoms with van der Waals surface area (Å²) >= 11 is 0. The molecular weight excluding hydrogens is 216 g/mol. The Morgan fingerprint density at radius 2 is 1.00 bits per heavy atom. The summed E-state index contributed by atoms with van der Waals surface area (Å²) in [7, 11) is 0. The molecule has 1 atom stereocenters. The molecular formula is C18H36. The SMILES string of the molecule is C=C[C@@H](C)CC.CC/C=C/CC.CC/C=C\CC. The van der Waals surface area contributed by atoms with Crippen LogP contribution in [0.4, 0.5) is 0 Å². The van der Waals surface area contributed by atoms with Crippen molar-refractivity contribution in [2.45, 2.75) is 73.6 Å². The average molecular weight is 252 g/mol. The summed E-state index contributed by atoms with van der Waals surface area (Å²) in [5.74, 6) is 0.699. The maximum Gasteiger partial charge on any atom is -0.0267 e. The van der Waals surface area contributed by atoms with Crippen molar-refractivity contribution in [3.05, 3.63) is 37.0 Å². The largest absolute Gasteiger partial charge is 0.103 e. The highest BCUT2D eigenvalue weighted by molar-refractivity contribution is 4.78. The van der Waals surface area contributed by atoms with Crippen LogP contribution in [0.2, 0.25) is 0 Å². The lowest BCUT2D eigenvalue weighted by atomic mass is 10.1. The third kappa shape index (κ3) is 36.2. The molecule has 0 nitrogen and oxygen atoms in total. The normalized spacial score (nSPS) is 11.4. The van der Waals surface area contributed by atoms with E-state index in [4.69, 9.17) is 0 Å². The third-order valence-corrected chi connectivity index (χ3v) is 2.32. The van der Waals surface area contributed by atoms with Crippen molar-refractivity contribution in [2.75, 3.05) is 0 Å². The lowest BCUT2D eigenvalue weighted by Gasteiger charge is -1.93. The van der Waals surface area contributed by atoms with Crippen LogP contribution in [0, 0.1) is 5.92 Å². The van der Waals surface area contributed by atoms with E-state index in [0.29, 0.717) is 5.92 Å². The zero-order chi connectivity index (χ0) is 14.6. The fourth-order valence-electron chi connectivity index (χ4n) is 0.833. The maximum atomic E-state index is 3.63. The fraction of sp³-hybridized carbons (Fsp3) is 0.667. The monoisotopic (exact) mass is 252 g/mol. The number of allylic oxidation sites excluding steroid dienone is 5. The fourth-order valence-corrected chi connectivity index (χ4v) is 0.833. The molecule has 0 aliphatic carbocycles. The molecule has 0 fully saturated rings. The molecule has 0 unspecified atom stereocenters. The van der Waals surface area contributed by atoms with Crippen LogP contribution in [-0.4, -0.2) is 0 Å². The molecule has 0 rings (SSSR count). The van der Waals surface area contributed by atoms with Gasteiger partial charge in [0.2, 0.25) is 0 Å². The lowest BCUT2D eigenvalue weighted by molar-refractivity contribution is 0.700. The highest BCUT2D eigenvalue weighted by Gasteiger charge is 1.84. The summed E-state index contributed by atoms with van der Waals surface area (Å²) < 4.78 is 0. The molecule has 0 aromatic rings. The topological polar surface area (TPSA) is 0 Å². The van der Waals surface area contributed by atoms with Gasteiger partial charge in [-0.1, -0.05) is 78.3 Å². The molecule has 0 bridgehead atoms. The van der Waals surface area contributed by atoms with Gasteiger partial charge in [0, 0.05) is 0 Å². The van der Waals surface area contributed by atoms with E-state index in [1.54, 1.807) is 0 Å². The zero-order valence-electron chi connectivity index (χ0n) is 13.7. The summed E-state index contributed by atoms with van der Waals surface area (Å²) in [6.45, 7) is 16.5. The van der Waals surface area contributed by atoms with Crippen LogP contribution in [0.1, 0.15) is 73.6 Å². The van der Waals surface area contributed by atoms with Gasteiger partial charge < -0.3 is 0 Å². The van der Waals surface area contributed by atoms with Gasteiger partial charge in [-0.15, -0.1) is 6.58 Å². The van der Waals surface area contributed by atoms with Gasteiger partial charge >= 0.3 is 0 Å². The van der Waals surface area contributed by atoms with Gasteiger partial charge in [0.05, 0.1) is 0 Å². The van der Waals surface area contributed by atoms with E-state index >= 15 is 0 Å².